The van der Waals surface area contributed by atoms with Crippen molar-refractivity contribution in [1.82, 2.24) is 14.9 Å². The van der Waals surface area contributed by atoms with Crippen molar-refractivity contribution in [3.63, 3.8) is 0 Å². The molecule has 166 valence electrons. The van der Waals surface area contributed by atoms with E-state index in [4.69, 9.17) is 4.74 Å². The summed E-state index contributed by atoms with van der Waals surface area (Å²) in [5.41, 5.74) is -2.33. The van der Waals surface area contributed by atoms with Gasteiger partial charge in [-0.2, -0.15) is 13.2 Å². The van der Waals surface area contributed by atoms with Crippen molar-refractivity contribution in [2.45, 2.75) is 18.7 Å². The first-order valence-electron chi connectivity index (χ1n) is 9.82. The predicted molar refractivity (Wildman–Crippen MR) is 111 cm³/mol. The third-order valence-corrected chi connectivity index (χ3v) is 5.60. The van der Waals surface area contributed by atoms with Crippen molar-refractivity contribution in [2.75, 3.05) is 20.2 Å². The molecule has 1 unspecified atom stereocenters. The molecule has 0 saturated heterocycles. The number of amides is 1. The summed E-state index contributed by atoms with van der Waals surface area (Å²) < 4.78 is 48.5. The average molecular weight is 443 g/mol. The number of ether oxygens (including phenoxy) is 1. The number of hydrogen-bond donors (Lipinski definition) is 1. The highest BCUT2D eigenvalue weighted by atomic mass is 19.4. The number of likely N-dealkylation sites (N-methyl/N-ethyl adjacent to an activating group) is 1. The fourth-order valence-electron chi connectivity index (χ4n) is 3.87. The van der Waals surface area contributed by atoms with Crippen LogP contribution in [0.1, 0.15) is 18.1 Å². The third-order valence-electron chi connectivity index (χ3n) is 5.60. The quantitative estimate of drug-likeness (QED) is 0.650. The lowest BCUT2D eigenvalue weighted by Crippen LogP contribution is -2.41. The normalized spacial score (nSPS) is 16.9. The highest BCUT2D eigenvalue weighted by Gasteiger charge is 2.61. The minimum Gasteiger partial charge on any atom is -0.492 e. The van der Waals surface area contributed by atoms with Gasteiger partial charge in [-0.1, -0.05) is 24.3 Å². The third kappa shape index (κ3) is 3.48. The lowest BCUT2D eigenvalue weighted by Gasteiger charge is -2.29. The van der Waals surface area contributed by atoms with Gasteiger partial charge in [0.2, 0.25) is 11.5 Å². The van der Waals surface area contributed by atoms with Gasteiger partial charge in [0, 0.05) is 43.1 Å². The van der Waals surface area contributed by atoms with E-state index < -0.39 is 11.8 Å². The molecule has 1 amide bonds. The molecule has 9 heteroatoms. The average Bonchev–Trinajstić information content (AvgIpc) is 3.04. The Kier molecular flexibility index (Phi) is 5.37. The van der Waals surface area contributed by atoms with E-state index in [2.05, 4.69) is 9.97 Å². The highest BCUT2D eigenvalue weighted by Crippen LogP contribution is 2.57. The maximum absolute atomic E-state index is 14.3. The number of halogens is 3. The van der Waals surface area contributed by atoms with Gasteiger partial charge < -0.3 is 14.7 Å². The van der Waals surface area contributed by atoms with Gasteiger partial charge in [-0.25, -0.2) is 9.97 Å². The fraction of sp³-hybridized carbons (Fsp3) is 0.261. The van der Waals surface area contributed by atoms with Gasteiger partial charge in [0.1, 0.15) is 18.7 Å². The van der Waals surface area contributed by atoms with E-state index in [0.717, 1.165) is 0 Å². The zero-order valence-electron chi connectivity index (χ0n) is 17.3. The second-order valence-electron chi connectivity index (χ2n) is 7.56. The Balaban J connectivity index is 1.89. The fourth-order valence-corrected chi connectivity index (χ4v) is 3.87. The minimum atomic E-state index is -4.97. The molecule has 32 heavy (non-hydrogen) atoms. The van der Waals surface area contributed by atoms with E-state index in [1.54, 1.807) is 25.2 Å². The molecule has 1 aliphatic carbocycles. The summed E-state index contributed by atoms with van der Waals surface area (Å²) >= 11 is 0. The van der Waals surface area contributed by atoms with Crippen molar-refractivity contribution in [1.29, 1.82) is 0 Å². The number of aromatic nitrogens is 2. The first-order valence-corrected chi connectivity index (χ1v) is 9.82. The van der Waals surface area contributed by atoms with E-state index in [1.807, 2.05) is 0 Å². The molecule has 4 rings (SSSR count). The molecule has 0 saturated carbocycles. The second-order valence-corrected chi connectivity index (χ2v) is 7.56. The van der Waals surface area contributed by atoms with Crippen LogP contribution in [0.3, 0.4) is 0 Å². The second kappa shape index (κ2) is 7.90. The Bertz CT molecular complexity index is 1170. The highest BCUT2D eigenvalue weighted by molar-refractivity contribution is 5.93. The Morgan fingerprint density at radius 2 is 1.81 bits per heavy atom. The maximum Gasteiger partial charge on any atom is 0.425 e. The van der Waals surface area contributed by atoms with Crippen LogP contribution in [0.4, 0.5) is 13.2 Å². The molecule has 2 aromatic carbocycles. The van der Waals surface area contributed by atoms with Crippen LogP contribution in [0.5, 0.6) is 5.75 Å². The smallest absolute Gasteiger partial charge is 0.425 e. The first-order chi connectivity index (χ1) is 15.1. The monoisotopic (exact) mass is 443 g/mol. The molecule has 6 nitrogen and oxygen atoms in total. The van der Waals surface area contributed by atoms with Gasteiger partial charge in [-0.05, 0) is 28.8 Å². The summed E-state index contributed by atoms with van der Waals surface area (Å²) in [7, 11) is 1.60. The van der Waals surface area contributed by atoms with Crippen LogP contribution in [0.2, 0.25) is 0 Å². The molecular weight excluding hydrogens is 423 g/mol. The molecule has 3 aromatic rings. The van der Waals surface area contributed by atoms with Crippen molar-refractivity contribution >= 4 is 5.91 Å². The van der Waals surface area contributed by atoms with E-state index in [1.165, 1.54) is 48.7 Å². The lowest BCUT2D eigenvalue weighted by atomic mass is 9.89. The van der Waals surface area contributed by atoms with Crippen molar-refractivity contribution in [3.05, 3.63) is 66.2 Å². The summed E-state index contributed by atoms with van der Waals surface area (Å²) in [6.07, 6.45) is -0.666. The summed E-state index contributed by atoms with van der Waals surface area (Å²) in [4.78, 5) is 20.8. The number of aliphatic hydroxyl groups is 1. The van der Waals surface area contributed by atoms with Crippen molar-refractivity contribution in [2.24, 2.45) is 0 Å². The number of carbonyl (C=O) groups excluding carboxylic acids is 1. The molecule has 0 aliphatic heterocycles. The molecule has 0 spiro atoms. The number of alkyl halides is 3. The number of fused-ring (bicyclic) bond motifs is 3. The van der Waals surface area contributed by atoms with Crippen LogP contribution in [-0.4, -0.2) is 52.3 Å². The summed E-state index contributed by atoms with van der Waals surface area (Å²) in [5.74, 6) is -0.0263. The Hall–Kier alpha value is -3.46. The van der Waals surface area contributed by atoms with Gasteiger partial charge in [0.25, 0.3) is 0 Å². The topological polar surface area (TPSA) is 75.6 Å². The SMILES string of the molecule is CC(=O)N(C)CCOc1cc(-c2cncnc2)c2c(c1)C(O)(C(F)(F)F)c1ccccc1-2. The Morgan fingerprint density at radius 1 is 1.12 bits per heavy atom. The number of rotatable bonds is 5. The van der Waals surface area contributed by atoms with Crippen LogP contribution in [0.15, 0.2) is 55.1 Å². The van der Waals surface area contributed by atoms with Crippen LogP contribution >= 0.6 is 0 Å². The molecule has 0 radical (unpaired) electrons. The zero-order chi connectivity index (χ0) is 23.1. The molecule has 1 heterocycles. The summed E-state index contributed by atoms with van der Waals surface area (Å²) in [5, 5.41) is 11.0. The Labute approximate surface area is 182 Å². The lowest BCUT2D eigenvalue weighted by molar-refractivity contribution is -0.246. The number of nitrogens with zero attached hydrogens (tertiary/aromatic N) is 3. The van der Waals surface area contributed by atoms with Gasteiger partial charge >= 0.3 is 6.18 Å². The van der Waals surface area contributed by atoms with Crippen molar-refractivity contribution < 1.29 is 27.8 Å². The zero-order valence-corrected chi connectivity index (χ0v) is 17.3. The predicted octanol–water partition coefficient (Wildman–Crippen LogP) is 3.78. The Morgan fingerprint density at radius 3 is 2.47 bits per heavy atom. The maximum atomic E-state index is 14.3. The van der Waals surface area contributed by atoms with Gasteiger partial charge in [-0.15, -0.1) is 0 Å². The van der Waals surface area contributed by atoms with E-state index in [-0.39, 0.29) is 47.1 Å². The van der Waals surface area contributed by atoms with Gasteiger partial charge in [0.05, 0.1) is 6.54 Å². The molecule has 0 fully saturated rings. The van der Waals surface area contributed by atoms with Gasteiger partial charge in [-0.3, -0.25) is 4.79 Å². The number of hydrogen-bond acceptors (Lipinski definition) is 5. The summed E-state index contributed by atoms with van der Waals surface area (Å²) in [6, 6.07) is 8.72. The minimum absolute atomic E-state index is 0.0665. The number of carbonyl (C=O) groups is 1. The molecule has 0 bridgehead atoms. The van der Waals surface area contributed by atoms with Crippen molar-refractivity contribution in [3.8, 4) is 28.0 Å². The van der Waals surface area contributed by atoms with Crippen LogP contribution < -0.4 is 4.74 Å². The van der Waals surface area contributed by atoms with Crippen LogP contribution in [0.25, 0.3) is 22.3 Å². The molecule has 1 aromatic heterocycles. The molecular formula is C23H20F3N3O3. The first kappa shape index (κ1) is 21.8. The largest absolute Gasteiger partial charge is 0.492 e. The molecule has 1 aliphatic rings. The van der Waals surface area contributed by atoms with Gasteiger partial charge in [0.15, 0.2) is 0 Å². The van der Waals surface area contributed by atoms with E-state index in [9.17, 15) is 23.1 Å². The molecule has 1 N–H and O–H groups in total. The standard InChI is InChI=1S/C23H20F3N3O3/c1-14(30)29(2)7-8-32-16-9-18(15-11-27-13-28-12-15)21-17-5-3-4-6-19(17)22(31,20(21)10-16)23(24,25)26/h3-6,9-13,31H,7-8H2,1-2H3. The molecule has 1 atom stereocenters. The van der Waals surface area contributed by atoms with E-state index in [0.29, 0.717) is 11.1 Å². The van der Waals surface area contributed by atoms with Crippen LogP contribution in [0, 0.1) is 0 Å². The summed E-state index contributed by atoms with van der Waals surface area (Å²) in [6.45, 7) is 1.72. The van der Waals surface area contributed by atoms with Crippen LogP contribution in [-0.2, 0) is 10.4 Å². The van der Waals surface area contributed by atoms with E-state index >= 15 is 0 Å². The number of benzene rings is 2.